The van der Waals surface area contributed by atoms with Crippen LogP contribution in [0, 0.1) is 23.7 Å². The van der Waals surface area contributed by atoms with Gasteiger partial charge in [-0.05, 0) is 87.9 Å². The van der Waals surface area contributed by atoms with Crippen LogP contribution in [0.4, 0.5) is 0 Å². The van der Waals surface area contributed by atoms with Gasteiger partial charge < -0.3 is 9.84 Å². The van der Waals surface area contributed by atoms with Crippen LogP contribution in [-0.2, 0) is 4.74 Å². The van der Waals surface area contributed by atoms with Gasteiger partial charge in [0.2, 0.25) is 0 Å². The highest BCUT2D eigenvalue weighted by Crippen LogP contribution is 2.42. The fraction of sp³-hybridized carbons (Fsp3) is 1.00. The largest absolute Gasteiger partial charge is 0.393 e. The molecule has 0 aromatic rings. The lowest BCUT2D eigenvalue weighted by Crippen LogP contribution is -2.35. The average Bonchev–Trinajstić information content (AvgIpc) is 2.58. The van der Waals surface area contributed by atoms with E-state index >= 15 is 0 Å². The molecule has 22 heavy (non-hydrogen) atoms. The number of rotatable bonds is 2. The van der Waals surface area contributed by atoms with Crippen molar-refractivity contribution in [3.05, 3.63) is 0 Å². The van der Waals surface area contributed by atoms with Crippen molar-refractivity contribution in [2.45, 2.75) is 97.2 Å². The Morgan fingerprint density at radius 2 is 1.18 bits per heavy atom. The van der Waals surface area contributed by atoms with Gasteiger partial charge in [-0.2, -0.15) is 0 Å². The highest BCUT2D eigenvalue weighted by molar-refractivity contribution is 4.85. The van der Waals surface area contributed by atoms with Gasteiger partial charge in [0, 0.05) is 6.61 Å². The standard InChI is InChI=1S/C18H32O2.C2H6/c1-13-2-11-18(20-12-13)16-5-3-14(4-6-16)15-7-9-17(19)10-8-15;1-2/h13-19H,2-12H2,1H3;1-2H3. The Morgan fingerprint density at radius 3 is 1.68 bits per heavy atom. The maximum atomic E-state index is 9.64. The van der Waals surface area contributed by atoms with Crippen molar-refractivity contribution in [2.24, 2.45) is 23.7 Å². The van der Waals surface area contributed by atoms with E-state index in [4.69, 9.17) is 4.74 Å². The average molecular weight is 311 g/mol. The molecule has 1 saturated heterocycles. The molecule has 1 aliphatic heterocycles. The summed E-state index contributed by atoms with van der Waals surface area (Å²) < 4.78 is 6.09. The van der Waals surface area contributed by atoms with Crippen LogP contribution in [0.5, 0.6) is 0 Å². The second-order valence-electron chi connectivity index (χ2n) is 7.80. The maximum Gasteiger partial charge on any atom is 0.0603 e. The first kappa shape index (κ1) is 18.3. The molecule has 2 unspecified atom stereocenters. The van der Waals surface area contributed by atoms with Crippen LogP contribution in [0.15, 0.2) is 0 Å². The van der Waals surface area contributed by atoms with Gasteiger partial charge >= 0.3 is 0 Å². The predicted molar refractivity (Wildman–Crippen MR) is 92.9 cm³/mol. The molecule has 3 fully saturated rings. The quantitative estimate of drug-likeness (QED) is 0.761. The molecule has 2 heteroatoms. The lowest BCUT2D eigenvalue weighted by molar-refractivity contribution is -0.0574. The highest BCUT2D eigenvalue weighted by Gasteiger charge is 2.34. The summed E-state index contributed by atoms with van der Waals surface area (Å²) in [5, 5.41) is 9.64. The maximum absolute atomic E-state index is 9.64. The summed E-state index contributed by atoms with van der Waals surface area (Å²) in [7, 11) is 0. The Morgan fingerprint density at radius 1 is 0.682 bits per heavy atom. The summed E-state index contributed by atoms with van der Waals surface area (Å²) in [6, 6.07) is 0. The Labute approximate surface area is 138 Å². The molecule has 0 bridgehead atoms. The van der Waals surface area contributed by atoms with Crippen LogP contribution in [-0.4, -0.2) is 23.9 Å². The van der Waals surface area contributed by atoms with Crippen molar-refractivity contribution < 1.29 is 9.84 Å². The fourth-order valence-electron chi connectivity index (χ4n) is 4.84. The molecule has 2 saturated carbocycles. The third-order valence-corrected chi connectivity index (χ3v) is 6.29. The SMILES string of the molecule is CC.CC1CCC(C2CCC(C3CCC(O)CC3)CC2)OC1. The fourth-order valence-corrected chi connectivity index (χ4v) is 4.84. The molecule has 130 valence electrons. The summed E-state index contributed by atoms with van der Waals surface area (Å²) in [4.78, 5) is 0. The molecule has 0 amide bonds. The number of hydrogen-bond donors (Lipinski definition) is 1. The molecule has 3 rings (SSSR count). The molecule has 1 N–H and O–H groups in total. The molecule has 2 atom stereocenters. The first-order chi connectivity index (χ1) is 10.7. The van der Waals surface area contributed by atoms with Gasteiger partial charge in [0.05, 0.1) is 12.2 Å². The van der Waals surface area contributed by atoms with E-state index in [9.17, 15) is 5.11 Å². The number of aliphatic hydroxyl groups is 1. The van der Waals surface area contributed by atoms with E-state index in [0.717, 1.165) is 43.1 Å². The molecular weight excluding hydrogens is 272 g/mol. The molecule has 2 nitrogen and oxygen atoms in total. The second-order valence-corrected chi connectivity index (χ2v) is 7.80. The van der Waals surface area contributed by atoms with Crippen LogP contribution >= 0.6 is 0 Å². The van der Waals surface area contributed by atoms with Crippen molar-refractivity contribution in [1.82, 2.24) is 0 Å². The molecular formula is C20H38O2. The van der Waals surface area contributed by atoms with Crippen molar-refractivity contribution in [3.8, 4) is 0 Å². The molecule has 0 aromatic carbocycles. The lowest BCUT2D eigenvalue weighted by Gasteiger charge is -2.40. The van der Waals surface area contributed by atoms with Crippen molar-refractivity contribution in [1.29, 1.82) is 0 Å². The van der Waals surface area contributed by atoms with E-state index < -0.39 is 0 Å². The van der Waals surface area contributed by atoms with Gasteiger partial charge in [-0.15, -0.1) is 0 Å². The predicted octanol–water partition coefficient (Wildman–Crippen LogP) is 5.19. The lowest BCUT2D eigenvalue weighted by atomic mass is 9.69. The van der Waals surface area contributed by atoms with E-state index in [-0.39, 0.29) is 6.10 Å². The van der Waals surface area contributed by atoms with E-state index in [1.165, 1.54) is 51.4 Å². The Balaban J connectivity index is 0.000000847. The minimum Gasteiger partial charge on any atom is -0.393 e. The molecule has 0 radical (unpaired) electrons. The van der Waals surface area contributed by atoms with Gasteiger partial charge in [-0.1, -0.05) is 20.8 Å². The zero-order chi connectivity index (χ0) is 15.9. The van der Waals surface area contributed by atoms with Crippen LogP contribution in [0.2, 0.25) is 0 Å². The number of hydrogen-bond acceptors (Lipinski definition) is 2. The van der Waals surface area contributed by atoms with Crippen molar-refractivity contribution in [3.63, 3.8) is 0 Å². The summed E-state index contributed by atoms with van der Waals surface area (Å²) in [6.07, 6.45) is 13.5. The molecule has 1 heterocycles. The highest BCUT2D eigenvalue weighted by atomic mass is 16.5. The summed E-state index contributed by atoms with van der Waals surface area (Å²) in [5.74, 6) is 3.47. The monoisotopic (exact) mass is 310 g/mol. The van der Waals surface area contributed by atoms with Gasteiger partial charge in [-0.25, -0.2) is 0 Å². The second kappa shape index (κ2) is 9.27. The van der Waals surface area contributed by atoms with E-state index in [1.54, 1.807) is 0 Å². The van der Waals surface area contributed by atoms with Crippen LogP contribution < -0.4 is 0 Å². The first-order valence-corrected chi connectivity index (χ1v) is 10.0. The van der Waals surface area contributed by atoms with E-state index in [0.29, 0.717) is 6.10 Å². The summed E-state index contributed by atoms with van der Waals surface area (Å²) in [6.45, 7) is 7.30. The van der Waals surface area contributed by atoms with Crippen molar-refractivity contribution >= 4 is 0 Å². The normalized spacial score (nSPS) is 43.1. The Kier molecular flexibility index (Phi) is 7.70. The smallest absolute Gasteiger partial charge is 0.0603 e. The number of aliphatic hydroxyl groups excluding tert-OH is 1. The van der Waals surface area contributed by atoms with Gasteiger partial charge in [-0.3, -0.25) is 0 Å². The van der Waals surface area contributed by atoms with Gasteiger partial charge in [0.15, 0.2) is 0 Å². The van der Waals surface area contributed by atoms with Crippen LogP contribution in [0.1, 0.15) is 85.0 Å². The van der Waals surface area contributed by atoms with Crippen LogP contribution in [0.3, 0.4) is 0 Å². The molecule has 0 aromatic heterocycles. The Hall–Kier alpha value is -0.0800. The topological polar surface area (TPSA) is 29.5 Å². The molecule has 3 aliphatic rings. The minimum absolute atomic E-state index is 0.000201. The summed E-state index contributed by atoms with van der Waals surface area (Å²) in [5.41, 5.74) is 0. The zero-order valence-electron chi connectivity index (χ0n) is 15.1. The number of ether oxygens (including phenoxy) is 1. The van der Waals surface area contributed by atoms with Gasteiger partial charge in [0.25, 0.3) is 0 Å². The third kappa shape index (κ3) is 4.96. The van der Waals surface area contributed by atoms with Crippen molar-refractivity contribution in [2.75, 3.05) is 6.61 Å². The third-order valence-electron chi connectivity index (χ3n) is 6.29. The summed E-state index contributed by atoms with van der Waals surface area (Å²) >= 11 is 0. The van der Waals surface area contributed by atoms with E-state index in [2.05, 4.69) is 6.92 Å². The van der Waals surface area contributed by atoms with E-state index in [1.807, 2.05) is 13.8 Å². The first-order valence-electron chi connectivity index (χ1n) is 10.0. The zero-order valence-corrected chi connectivity index (χ0v) is 15.1. The molecule has 2 aliphatic carbocycles. The molecule has 0 spiro atoms. The Bertz CT molecular complexity index is 250. The van der Waals surface area contributed by atoms with Crippen LogP contribution in [0.25, 0.3) is 0 Å². The van der Waals surface area contributed by atoms with Gasteiger partial charge in [0.1, 0.15) is 0 Å². The minimum atomic E-state index is 0.000201.